The molecule has 126 valence electrons. The van der Waals surface area contributed by atoms with Gasteiger partial charge in [-0.25, -0.2) is 0 Å². The second kappa shape index (κ2) is 8.86. The summed E-state index contributed by atoms with van der Waals surface area (Å²) in [7, 11) is 0. The summed E-state index contributed by atoms with van der Waals surface area (Å²) in [5.74, 6) is 0. The van der Waals surface area contributed by atoms with Crippen molar-refractivity contribution in [2.24, 2.45) is 0 Å². The molecule has 1 saturated heterocycles. The summed E-state index contributed by atoms with van der Waals surface area (Å²) in [5, 5.41) is 66.1. The van der Waals surface area contributed by atoms with Gasteiger partial charge in [0.2, 0.25) is 0 Å². The molecule has 0 aromatic rings. The fourth-order valence-corrected chi connectivity index (χ4v) is 2.35. The highest BCUT2D eigenvalue weighted by atomic mass is 127. The van der Waals surface area contributed by atoms with Crippen molar-refractivity contribution < 1.29 is 45.2 Å². The Hall–Kier alpha value is 0.370. The van der Waals surface area contributed by atoms with Crippen molar-refractivity contribution >= 4 is 22.6 Å². The van der Waals surface area contributed by atoms with Gasteiger partial charge >= 0.3 is 0 Å². The van der Waals surface area contributed by atoms with Crippen LogP contribution in [0.4, 0.5) is 0 Å². The first kappa shape index (κ1) is 19.4. The zero-order valence-corrected chi connectivity index (χ0v) is 13.2. The van der Waals surface area contributed by atoms with Crippen LogP contribution in [-0.2, 0) is 9.47 Å². The smallest absolute Gasteiger partial charge is 0.187 e. The lowest BCUT2D eigenvalue weighted by atomic mass is 10.1. The zero-order valence-electron chi connectivity index (χ0n) is 11.1. The third kappa shape index (κ3) is 4.67. The molecular weight excluding hydrogens is 403 g/mol. The van der Waals surface area contributed by atoms with E-state index in [9.17, 15) is 25.5 Å². The van der Waals surface area contributed by atoms with E-state index in [0.29, 0.717) is 0 Å². The van der Waals surface area contributed by atoms with Gasteiger partial charge < -0.3 is 45.2 Å². The van der Waals surface area contributed by atoms with E-state index in [-0.39, 0.29) is 6.61 Å². The van der Waals surface area contributed by atoms with Gasteiger partial charge in [0.05, 0.1) is 29.8 Å². The quantitative estimate of drug-likeness (QED) is 0.154. The van der Waals surface area contributed by atoms with Crippen molar-refractivity contribution in [2.75, 3.05) is 19.8 Å². The highest BCUT2D eigenvalue weighted by Gasteiger charge is 2.45. The molecule has 10 heteroatoms. The molecular formula is C11H21IO9. The first-order valence-corrected chi connectivity index (χ1v) is 7.61. The molecule has 21 heavy (non-hydrogen) atoms. The molecule has 0 aromatic carbocycles. The fourth-order valence-electron chi connectivity index (χ4n) is 1.92. The maximum atomic E-state index is 9.91. The average Bonchev–Trinajstić information content (AvgIpc) is 2.77. The summed E-state index contributed by atoms with van der Waals surface area (Å²) >= 11 is 1.73. The number of halogens is 1. The molecule has 0 radical (unpaired) electrons. The van der Waals surface area contributed by atoms with Gasteiger partial charge in [-0.3, -0.25) is 0 Å². The van der Waals surface area contributed by atoms with Gasteiger partial charge in [-0.05, 0) is 0 Å². The molecule has 7 N–H and O–H groups in total. The van der Waals surface area contributed by atoms with E-state index in [4.69, 9.17) is 19.7 Å². The summed E-state index contributed by atoms with van der Waals surface area (Å²) in [6.07, 6.45) is -9.44. The SMILES string of the molecule is OCC(I)[C@@H](O)C(O)[C@H](CO)O[C@H]1O[C@H](CO)C(O)[C@H]1O. The normalized spacial score (nSPS) is 35.4. The van der Waals surface area contributed by atoms with Crippen LogP contribution in [-0.4, -0.2) is 102 Å². The summed E-state index contributed by atoms with van der Waals surface area (Å²) in [4.78, 5) is 0. The number of alkyl halides is 1. The lowest BCUT2D eigenvalue weighted by Gasteiger charge is -2.30. The van der Waals surface area contributed by atoms with Crippen molar-refractivity contribution in [3.63, 3.8) is 0 Å². The van der Waals surface area contributed by atoms with Crippen LogP contribution in [0.1, 0.15) is 0 Å². The maximum absolute atomic E-state index is 9.91. The molecule has 0 saturated carbocycles. The summed E-state index contributed by atoms with van der Waals surface area (Å²) in [6.45, 7) is -1.60. The van der Waals surface area contributed by atoms with Crippen molar-refractivity contribution in [1.29, 1.82) is 0 Å². The number of ether oxygens (including phenoxy) is 2. The van der Waals surface area contributed by atoms with Gasteiger partial charge in [0.25, 0.3) is 0 Å². The molecule has 1 aliphatic heterocycles. The number of rotatable bonds is 8. The Kier molecular flexibility index (Phi) is 8.19. The highest BCUT2D eigenvalue weighted by Crippen LogP contribution is 2.24. The number of hydrogen-bond donors (Lipinski definition) is 7. The monoisotopic (exact) mass is 424 g/mol. The Bertz CT molecular complexity index is 307. The number of aliphatic hydroxyl groups is 7. The van der Waals surface area contributed by atoms with Crippen LogP contribution >= 0.6 is 22.6 Å². The van der Waals surface area contributed by atoms with Gasteiger partial charge in [-0.15, -0.1) is 0 Å². The Morgan fingerprint density at radius 3 is 2.05 bits per heavy atom. The first-order chi connectivity index (χ1) is 9.87. The van der Waals surface area contributed by atoms with Gasteiger partial charge in [0.15, 0.2) is 6.29 Å². The largest absolute Gasteiger partial charge is 0.395 e. The van der Waals surface area contributed by atoms with Crippen molar-refractivity contribution in [2.45, 2.75) is 46.8 Å². The van der Waals surface area contributed by atoms with Crippen molar-refractivity contribution in [1.82, 2.24) is 0 Å². The second-order valence-electron chi connectivity index (χ2n) is 4.74. The van der Waals surface area contributed by atoms with E-state index in [1.807, 2.05) is 0 Å². The molecule has 0 amide bonds. The standard InChI is InChI=1S/C11H21IO9/c12-4(1-13)7(16)8(17)5(2-14)20-11-10(19)9(18)6(3-15)21-11/h4-11,13-19H,1-3H2/t4?,5-,6+,7+,8?,9?,10+,11-/m0/s1. The third-order valence-electron chi connectivity index (χ3n) is 3.26. The predicted molar refractivity (Wildman–Crippen MR) is 76.6 cm³/mol. The topological polar surface area (TPSA) is 160 Å². The molecule has 1 fully saturated rings. The highest BCUT2D eigenvalue weighted by molar-refractivity contribution is 14.1. The maximum Gasteiger partial charge on any atom is 0.187 e. The number of hydrogen-bond acceptors (Lipinski definition) is 9. The molecule has 0 bridgehead atoms. The van der Waals surface area contributed by atoms with Gasteiger partial charge in [0, 0.05) is 0 Å². The van der Waals surface area contributed by atoms with Crippen LogP contribution in [0.2, 0.25) is 0 Å². The van der Waals surface area contributed by atoms with E-state index in [1.165, 1.54) is 0 Å². The van der Waals surface area contributed by atoms with E-state index >= 15 is 0 Å². The molecule has 9 nitrogen and oxygen atoms in total. The number of aliphatic hydroxyl groups excluding tert-OH is 7. The Morgan fingerprint density at radius 1 is 1.00 bits per heavy atom. The minimum absolute atomic E-state index is 0.384. The summed E-state index contributed by atoms with van der Waals surface area (Å²) in [6, 6.07) is 0. The molecule has 1 heterocycles. The summed E-state index contributed by atoms with van der Waals surface area (Å²) < 4.78 is 9.54. The minimum atomic E-state index is -1.54. The lowest BCUT2D eigenvalue weighted by Crippen LogP contribution is -2.48. The first-order valence-electron chi connectivity index (χ1n) is 6.37. The van der Waals surface area contributed by atoms with Crippen LogP contribution in [0.5, 0.6) is 0 Å². The van der Waals surface area contributed by atoms with Gasteiger partial charge in [-0.2, -0.15) is 0 Å². The van der Waals surface area contributed by atoms with Gasteiger partial charge in [-0.1, -0.05) is 22.6 Å². The van der Waals surface area contributed by atoms with E-state index in [2.05, 4.69) is 0 Å². The Balaban J connectivity index is 2.65. The Labute approximate surface area is 134 Å². The molecule has 1 rings (SSSR count). The van der Waals surface area contributed by atoms with Crippen molar-refractivity contribution in [3.05, 3.63) is 0 Å². The Morgan fingerprint density at radius 2 is 1.62 bits per heavy atom. The van der Waals surface area contributed by atoms with Crippen LogP contribution < -0.4 is 0 Å². The summed E-state index contributed by atoms with van der Waals surface area (Å²) in [5.41, 5.74) is 0. The van der Waals surface area contributed by atoms with Crippen LogP contribution in [0, 0.1) is 0 Å². The van der Waals surface area contributed by atoms with Crippen LogP contribution in [0.3, 0.4) is 0 Å². The van der Waals surface area contributed by atoms with E-state index in [1.54, 1.807) is 22.6 Å². The fraction of sp³-hybridized carbons (Fsp3) is 1.00. The molecule has 0 aliphatic carbocycles. The minimum Gasteiger partial charge on any atom is -0.395 e. The van der Waals surface area contributed by atoms with E-state index in [0.717, 1.165) is 0 Å². The molecule has 0 aromatic heterocycles. The van der Waals surface area contributed by atoms with E-state index < -0.39 is 60.1 Å². The zero-order chi connectivity index (χ0) is 16.2. The average molecular weight is 424 g/mol. The van der Waals surface area contributed by atoms with Gasteiger partial charge in [0.1, 0.15) is 30.5 Å². The van der Waals surface area contributed by atoms with Crippen LogP contribution in [0.25, 0.3) is 0 Å². The van der Waals surface area contributed by atoms with Crippen molar-refractivity contribution in [3.8, 4) is 0 Å². The molecule has 0 spiro atoms. The molecule has 1 aliphatic rings. The second-order valence-corrected chi connectivity index (χ2v) is 6.34. The molecule has 8 atom stereocenters. The van der Waals surface area contributed by atoms with Crippen LogP contribution in [0.15, 0.2) is 0 Å². The third-order valence-corrected chi connectivity index (χ3v) is 4.39. The molecule has 3 unspecified atom stereocenters. The lowest BCUT2D eigenvalue weighted by molar-refractivity contribution is -0.227. The predicted octanol–water partition coefficient (Wildman–Crippen LogP) is -3.68.